The van der Waals surface area contributed by atoms with E-state index >= 15 is 0 Å². The second-order valence-corrected chi connectivity index (χ2v) is 3.79. The summed E-state index contributed by atoms with van der Waals surface area (Å²) in [5, 5.41) is 8.89. The Labute approximate surface area is 110 Å². The molecule has 0 spiro atoms. The summed E-state index contributed by atoms with van der Waals surface area (Å²) in [6.07, 6.45) is 0. The SMILES string of the molecule is N#Cc1cccc(Oc2ccccc2C(N)=O)c1N. The first-order valence-corrected chi connectivity index (χ1v) is 5.48. The minimum atomic E-state index is -0.592. The number of carbonyl (C=O) groups excluding carboxylic acids is 1. The zero-order valence-corrected chi connectivity index (χ0v) is 9.96. The second kappa shape index (κ2) is 5.10. The van der Waals surface area contributed by atoms with Gasteiger partial charge in [-0.15, -0.1) is 0 Å². The number of primary amides is 1. The highest BCUT2D eigenvalue weighted by molar-refractivity contribution is 5.95. The predicted molar refractivity (Wildman–Crippen MR) is 70.6 cm³/mol. The number of nitrogens with zero attached hydrogens (tertiary/aromatic N) is 1. The number of anilines is 1. The fraction of sp³-hybridized carbons (Fsp3) is 0. The highest BCUT2D eigenvalue weighted by atomic mass is 16.5. The van der Waals surface area contributed by atoms with E-state index in [0.717, 1.165) is 0 Å². The van der Waals surface area contributed by atoms with Crippen molar-refractivity contribution in [2.24, 2.45) is 5.73 Å². The maximum absolute atomic E-state index is 11.3. The Morgan fingerprint density at radius 1 is 1.11 bits per heavy atom. The summed E-state index contributed by atoms with van der Waals surface area (Å²) in [6, 6.07) is 13.4. The lowest BCUT2D eigenvalue weighted by atomic mass is 10.1. The van der Waals surface area contributed by atoms with Crippen molar-refractivity contribution in [2.75, 3.05) is 5.73 Å². The smallest absolute Gasteiger partial charge is 0.252 e. The molecule has 94 valence electrons. The lowest BCUT2D eigenvalue weighted by Gasteiger charge is -2.11. The molecule has 0 aliphatic rings. The van der Waals surface area contributed by atoms with E-state index in [2.05, 4.69) is 0 Å². The molecule has 0 aliphatic carbocycles. The number of hydrogen-bond donors (Lipinski definition) is 2. The van der Waals surface area contributed by atoms with E-state index in [4.69, 9.17) is 21.5 Å². The zero-order valence-electron chi connectivity index (χ0n) is 9.96. The first kappa shape index (κ1) is 12.5. The molecule has 5 heteroatoms. The van der Waals surface area contributed by atoms with Crippen molar-refractivity contribution in [1.82, 2.24) is 0 Å². The molecular weight excluding hydrogens is 242 g/mol. The molecule has 2 rings (SSSR count). The zero-order chi connectivity index (χ0) is 13.8. The Morgan fingerprint density at radius 2 is 1.79 bits per heavy atom. The molecule has 19 heavy (non-hydrogen) atoms. The van der Waals surface area contributed by atoms with Crippen LogP contribution in [0.5, 0.6) is 11.5 Å². The van der Waals surface area contributed by atoms with Gasteiger partial charge in [0.1, 0.15) is 11.8 Å². The van der Waals surface area contributed by atoms with Crippen molar-refractivity contribution in [3.63, 3.8) is 0 Å². The van der Waals surface area contributed by atoms with Crippen LogP contribution in [0, 0.1) is 11.3 Å². The summed E-state index contributed by atoms with van der Waals surface area (Å²) in [7, 11) is 0. The third kappa shape index (κ3) is 2.48. The Hall–Kier alpha value is -3.00. The minimum Gasteiger partial charge on any atom is -0.454 e. The van der Waals surface area contributed by atoms with E-state index < -0.39 is 5.91 Å². The standard InChI is InChI=1S/C14H11N3O2/c15-8-9-4-3-7-12(13(9)16)19-11-6-2-1-5-10(11)14(17)18/h1-7H,16H2,(H2,17,18). The number of benzene rings is 2. The molecular formula is C14H11N3O2. The Balaban J connectivity index is 2.43. The van der Waals surface area contributed by atoms with Crippen LogP contribution in [0.15, 0.2) is 42.5 Å². The van der Waals surface area contributed by atoms with E-state index in [1.165, 1.54) is 0 Å². The van der Waals surface area contributed by atoms with Gasteiger partial charge in [0.25, 0.3) is 5.91 Å². The maximum atomic E-state index is 11.3. The quantitative estimate of drug-likeness (QED) is 0.817. The van der Waals surface area contributed by atoms with Crippen LogP contribution < -0.4 is 16.2 Å². The second-order valence-electron chi connectivity index (χ2n) is 3.79. The van der Waals surface area contributed by atoms with Gasteiger partial charge in [-0.3, -0.25) is 4.79 Å². The Bertz CT molecular complexity index is 675. The highest BCUT2D eigenvalue weighted by Gasteiger charge is 2.12. The van der Waals surface area contributed by atoms with Crippen LogP contribution in [-0.4, -0.2) is 5.91 Å². The normalized spacial score (nSPS) is 9.63. The highest BCUT2D eigenvalue weighted by Crippen LogP contribution is 2.31. The van der Waals surface area contributed by atoms with Gasteiger partial charge in [-0.25, -0.2) is 0 Å². The average molecular weight is 253 g/mol. The molecule has 0 aliphatic heterocycles. The van der Waals surface area contributed by atoms with Crippen LogP contribution in [0.25, 0.3) is 0 Å². The lowest BCUT2D eigenvalue weighted by molar-refractivity contribution is 0.0998. The molecule has 0 aromatic heterocycles. The number of amides is 1. The molecule has 0 atom stereocenters. The lowest BCUT2D eigenvalue weighted by Crippen LogP contribution is -2.12. The van der Waals surface area contributed by atoms with Gasteiger partial charge in [-0.1, -0.05) is 18.2 Å². The summed E-state index contributed by atoms with van der Waals surface area (Å²) < 4.78 is 5.57. The summed E-state index contributed by atoms with van der Waals surface area (Å²) in [6.45, 7) is 0. The fourth-order valence-corrected chi connectivity index (χ4v) is 1.61. The first-order valence-electron chi connectivity index (χ1n) is 5.48. The third-order valence-electron chi connectivity index (χ3n) is 2.56. The van der Waals surface area contributed by atoms with Gasteiger partial charge in [-0.05, 0) is 24.3 Å². The first-order chi connectivity index (χ1) is 9.13. The van der Waals surface area contributed by atoms with Crippen molar-refractivity contribution < 1.29 is 9.53 Å². The molecule has 0 fully saturated rings. The number of rotatable bonds is 3. The Morgan fingerprint density at radius 3 is 2.47 bits per heavy atom. The van der Waals surface area contributed by atoms with E-state index in [0.29, 0.717) is 17.1 Å². The number of nitrogens with two attached hydrogens (primary N) is 2. The summed E-state index contributed by atoms with van der Waals surface area (Å²) >= 11 is 0. The fourth-order valence-electron chi connectivity index (χ4n) is 1.61. The minimum absolute atomic E-state index is 0.226. The molecule has 0 unspecified atom stereocenters. The molecule has 1 amide bonds. The average Bonchev–Trinajstić information content (AvgIpc) is 2.41. The molecule has 0 radical (unpaired) electrons. The number of carbonyl (C=O) groups is 1. The van der Waals surface area contributed by atoms with Gasteiger partial charge in [0.05, 0.1) is 16.8 Å². The van der Waals surface area contributed by atoms with E-state index in [-0.39, 0.29) is 11.3 Å². The number of nitriles is 1. The monoisotopic (exact) mass is 253 g/mol. The largest absolute Gasteiger partial charge is 0.454 e. The van der Waals surface area contributed by atoms with E-state index in [9.17, 15) is 4.79 Å². The van der Waals surface area contributed by atoms with E-state index in [1.54, 1.807) is 42.5 Å². The van der Waals surface area contributed by atoms with Crippen LogP contribution in [0.2, 0.25) is 0 Å². The Kier molecular flexibility index (Phi) is 3.35. The number of hydrogen-bond acceptors (Lipinski definition) is 4. The summed E-state index contributed by atoms with van der Waals surface area (Å²) in [5.41, 5.74) is 11.9. The summed E-state index contributed by atoms with van der Waals surface area (Å²) in [5.74, 6) is 0.0233. The molecule has 0 heterocycles. The predicted octanol–water partition coefficient (Wildman–Crippen LogP) is 2.03. The molecule has 0 bridgehead atoms. The van der Waals surface area contributed by atoms with Crippen LogP contribution in [0.4, 0.5) is 5.69 Å². The van der Waals surface area contributed by atoms with Gasteiger partial charge in [0.2, 0.25) is 0 Å². The molecule has 2 aromatic carbocycles. The van der Waals surface area contributed by atoms with Gasteiger partial charge in [0.15, 0.2) is 5.75 Å². The summed E-state index contributed by atoms with van der Waals surface area (Å²) in [4.78, 5) is 11.3. The van der Waals surface area contributed by atoms with Gasteiger partial charge in [0, 0.05) is 0 Å². The van der Waals surface area contributed by atoms with Crippen molar-refractivity contribution >= 4 is 11.6 Å². The van der Waals surface area contributed by atoms with Crippen molar-refractivity contribution in [1.29, 1.82) is 5.26 Å². The molecule has 5 nitrogen and oxygen atoms in total. The van der Waals surface area contributed by atoms with Gasteiger partial charge in [-0.2, -0.15) is 5.26 Å². The van der Waals surface area contributed by atoms with E-state index in [1.807, 2.05) is 6.07 Å². The molecule has 2 aromatic rings. The molecule has 0 saturated heterocycles. The van der Waals surface area contributed by atoms with Gasteiger partial charge < -0.3 is 16.2 Å². The van der Waals surface area contributed by atoms with Crippen LogP contribution >= 0.6 is 0 Å². The van der Waals surface area contributed by atoms with Crippen LogP contribution in [0.1, 0.15) is 15.9 Å². The van der Waals surface area contributed by atoms with Crippen LogP contribution in [-0.2, 0) is 0 Å². The topological polar surface area (TPSA) is 102 Å². The number of para-hydroxylation sites is 2. The third-order valence-corrected chi connectivity index (χ3v) is 2.56. The maximum Gasteiger partial charge on any atom is 0.252 e. The molecule has 0 saturated carbocycles. The molecule has 4 N–H and O–H groups in total. The van der Waals surface area contributed by atoms with Crippen molar-refractivity contribution in [2.45, 2.75) is 0 Å². The van der Waals surface area contributed by atoms with Crippen molar-refractivity contribution in [3.05, 3.63) is 53.6 Å². The number of nitrogen functional groups attached to an aromatic ring is 1. The van der Waals surface area contributed by atoms with Crippen molar-refractivity contribution in [3.8, 4) is 17.6 Å². The number of ether oxygens (including phenoxy) is 1. The van der Waals surface area contributed by atoms with Crippen LogP contribution in [0.3, 0.4) is 0 Å². The van der Waals surface area contributed by atoms with Gasteiger partial charge >= 0.3 is 0 Å².